The molecule has 0 saturated carbocycles. The molecule has 5 aromatic carbocycles. The summed E-state index contributed by atoms with van der Waals surface area (Å²) in [5.41, 5.74) is 9.65. The summed E-state index contributed by atoms with van der Waals surface area (Å²) < 4.78 is 0. The minimum absolute atomic E-state index is 0.362. The van der Waals surface area contributed by atoms with Crippen molar-refractivity contribution in [3.05, 3.63) is 168 Å². The van der Waals surface area contributed by atoms with Crippen molar-refractivity contribution < 1.29 is 0 Å². The number of fused-ring (bicyclic) bond motifs is 3. The highest BCUT2D eigenvalue weighted by atomic mass is 15.1. The van der Waals surface area contributed by atoms with Crippen LogP contribution in [0.2, 0.25) is 0 Å². The molecule has 1 aliphatic rings. The van der Waals surface area contributed by atoms with Gasteiger partial charge in [-0.1, -0.05) is 116 Å². The van der Waals surface area contributed by atoms with Gasteiger partial charge >= 0.3 is 0 Å². The summed E-state index contributed by atoms with van der Waals surface area (Å²) in [6.45, 7) is 4.06. The molecule has 5 aromatic rings. The Morgan fingerprint density at radius 1 is 0.471 bits per heavy atom. The molecule has 0 spiro atoms. The normalized spacial score (nSPS) is 13.1. The van der Waals surface area contributed by atoms with E-state index in [2.05, 4.69) is 139 Å². The highest BCUT2D eigenvalue weighted by Crippen LogP contribution is 2.56. The number of rotatable bonds is 5. The van der Waals surface area contributed by atoms with E-state index in [1.54, 1.807) is 0 Å². The lowest BCUT2D eigenvalue weighted by atomic mass is 9.68. The number of para-hydroxylation sites is 1. The van der Waals surface area contributed by atoms with Crippen LogP contribution in [0.4, 0.5) is 11.4 Å². The average Bonchev–Trinajstić information content (AvgIpc) is 3.22. The van der Waals surface area contributed by atoms with E-state index < -0.39 is 0 Å². The Hall–Kier alpha value is -4.36. The van der Waals surface area contributed by atoms with E-state index in [9.17, 15) is 0 Å². The molecule has 1 nitrogen and oxygen atoms in total. The Labute approximate surface area is 201 Å². The molecule has 0 aromatic heterocycles. The van der Waals surface area contributed by atoms with Gasteiger partial charge < -0.3 is 4.90 Å². The lowest BCUT2D eigenvalue weighted by molar-refractivity contribution is 0.768. The first-order chi connectivity index (χ1) is 16.8. The van der Waals surface area contributed by atoms with Crippen LogP contribution in [0.25, 0.3) is 11.1 Å². The largest absolute Gasteiger partial charge is 0.318 e. The van der Waals surface area contributed by atoms with Crippen molar-refractivity contribution in [2.75, 3.05) is 4.90 Å². The topological polar surface area (TPSA) is 3.24 Å². The van der Waals surface area contributed by atoms with E-state index in [0.717, 1.165) is 11.4 Å². The number of hydrogen-bond donors (Lipinski definition) is 0. The van der Waals surface area contributed by atoms with Gasteiger partial charge in [-0.15, -0.1) is 0 Å². The third-order valence-electron chi connectivity index (χ3n) is 6.95. The van der Waals surface area contributed by atoms with Crippen molar-refractivity contribution in [3.8, 4) is 11.1 Å². The number of anilines is 2. The van der Waals surface area contributed by atoms with Crippen molar-refractivity contribution >= 4 is 11.4 Å². The van der Waals surface area contributed by atoms with Gasteiger partial charge in [0.1, 0.15) is 0 Å². The maximum absolute atomic E-state index is 4.06. The molecule has 0 amide bonds. The van der Waals surface area contributed by atoms with Gasteiger partial charge in [0.05, 0.1) is 5.41 Å². The van der Waals surface area contributed by atoms with Crippen LogP contribution in [0, 0.1) is 0 Å². The van der Waals surface area contributed by atoms with Crippen LogP contribution < -0.4 is 4.90 Å². The molecule has 162 valence electrons. The van der Waals surface area contributed by atoms with Crippen LogP contribution in [0.15, 0.2) is 146 Å². The molecule has 0 fully saturated rings. The Morgan fingerprint density at radius 2 is 0.912 bits per heavy atom. The summed E-state index contributed by atoms with van der Waals surface area (Å²) in [6.07, 6.45) is 1.87. The van der Waals surface area contributed by atoms with Crippen molar-refractivity contribution in [1.82, 2.24) is 0 Å². The van der Waals surface area contributed by atoms with E-state index in [1.807, 2.05) is 12.3 Å². The van der Waals surface area contributed by atoms with Crippen LogP contribution in [-0.2, 0) is 5.41 Å². The monoisotopic (exact) mass is 435 g/mol. The molecule has 1 aliphatic carbocycles. The Balaban J connectivity index is 1.58. The maximum atomic E-state index is 4.06. The van der Waals surface area contributed by atoms with Crippen LogP contribution in [0.5, 0.6) is 0 Å². The molecule has 1 heteroatoms. The smallest absolute Gasteiger partial charge is 0.0713 e. The third kappa shape index (κ3) is 2.94. The highest BCUT2D eigenvalue weighted by molar-refractivity contribution is 5.86. The zero-order chi connectivity index (χ0) is 23.0. The highest BCUT2D eigenvalue weighted by Gasteiger charge is 2.45. The van der Waals surface area contributed by atoms with E-state index in [4.69, 9.17) is 0 Å². The van der Waals surface area contributed by atoms with Gasteiger partial charge in [-0.3, -0.25) is 0 Å². The van der Waals surface area contributed by atoms with E-state index in [1.165, 1.54) is 33.4 Å². The van der Waals surface area contributed by atoms with Gasteiger partial charge in [-0.05, 0) is 57.6 Å². The van der Waals surface area contributed by atoms with Gasteiger partial charge in [0.15, 0.2) is 0 Å². The second-order valence-electron chi connectivity index (χ2n) is 8.64. The summed E-state index contributed by atoms with van der Waals surface area (Å²) in [5, 5.41) is 0. The molecule has 34 heavy (non-hydrogen) atoms. The minimum atomic E-state index is -0.362. The lowest BCUT2D eigenvalue weighted by Crippen LogP contribution is -2.28. The average molecular weight is 436 g/mol. The maximum Gasteiger partial charge on any atom is 0.0713 e. The summed E-state index contributed by atoms with van der Waals surface area (Å²) in [4.78, 5) is 2.12. The van der Waals surface area contributed by atoms with Crippen LogP contribution in [0.1, 0.15) is 22.3 Å². The van der Waals surface area contributed by atoms with Gasteiger partial charge in [-0.2, -0.15) is 0 Å². The molecule has 0 aliphatic heterocycles. The number of hydrogen-bond acceptors (Lipinski definition) is 1. The molecule has 0 saturated heterocycles. The summed E-state index contributed by atoms with van der Waals surface area (Å²) in [6, 6.07) is 47.9. The van der Waals surface area contributed by atoms with Crippen LogP contribution in [-0.4, -0.2) is 0 Å². The quantitative estimate of drug-likeness (QED) is 0.263. The Morgan fingerprint density at radius 3 is 1.47 bits per heavy atom. The SMILES string of the molecule is C=CN(c1ccccc1)c1ccc(C2(c3ccccc3)c3ccccc3-c3ccccc32)cc1. The summed E-state index contributed by atoms with van der Waals surface area (Å²) in [5.74, 6) is 0. The summed E-state index contributed by atoms with van der Waals surface area (Å²) >= 11 is 0. The first-order valence-corrected chi connectivity index (χ1v) is 11.7. The first-order valence-electron chi connectivity index (χ1n) is 11.7. The van der Waals surface area contributed by atoms with Gasteiger partial charge in [0, 0.05) is 17.6 Å². The summed E-state index contributed by atoms with van der Waals surface area (Å²) in [7, 11) is 0. The van der Waals surface area contributed by atoms with Crippen LogP contribution >= 0.6 is 0 Å². The molecule has 0 radical (unpaired) electrons. The minimum Gasteiger partial charge on any atom is -0.318 e. The molecule has 6 rings (SSSR count). The van der Waals surface area contributed by atoms with E-state index >= 15 is 0 Å². The molecule has 0 heterocycles. The van der Waals surface area contributed by atoms with Crippen molar-refractivity contribution in [2.24, 2.45) is 0 Å². The molecule has 0 unspecified atom stereocenters. The van der Waals surface area contributed by atoms with E-state index in [0.29, 0.717) is 0 Å². The zero-order valence-corrected chi connectivity index (χ0v) is 18.9. The Bertz CT molecular complexity index is 1400. The first kappa shape index (κ1) is 20.3. The molecule has 0 N–H and O–H groups in total. The van der Waals surface area contributed by atoms with Gasteiger partial charge in [-0.25, -0.2) is 0 Å². The van der Waals surface area contributed by atoms with Gasteiger partial charge in [0.2, 0.25) is 0 Å². The Kier molecular flexibility index (Phi) is 4.89. The fourth-order valence-corrected chi connectivity index (χ4v) is 5.53. The third-order valence-corrected chi connectivity index (χ3v) is 6.95. The molecular formula is C33H25N. The fraction of sp³-hybridized carbons (Fsp3) is 0.0303. The second-order valence-corrected chi connectivity index (χ2v) is 8.64. The number of nitrogens with zero attached hydrogens (tertiary/aromatic N) is 1. The predicted molar refractivity (Wildman–Crippen MR) is 143 cm³/mol. The standard InChI is InChI=1S/C33H25N/c1-2-34(27-15-7-4-8-16-27)28-23-21-26(22-24-28)33(25-13-5-3-6-14-25)31-19-11-9-17-29(31)30-18-10-12-20-32(30)33/h2-24H,1H2. The second kappa shape index (κ2) is 8.20. The predicted octanol–water partition coefficient (Wildman–Crippen LogP) is 8.33. The zero-order valence-electron chi connectivity index (χ0n) is 18.9. The van der Waals surface area contributed by atoms with Crippen molar-refractivity contribution in [1.29, 1.82) is 0 Å². The van der Waals surface area contributed by atoms with Crippen LogP contribution in [0.3, 0.4) is 0 Å². The number of benzene rings is 5. The van der Waals surface area contributed by atoms with Crippen molar-refractivity contribution in [2.45, 2.75) is 5.41 Å². The molecular weight excluding hydrogens is 410 g/mol. The fourth-order valence-electron chi connectivity index (χ4n) is 5.53. The molecule has 0 atom stereocenters. The lowest BCUT2D eigenvalue weighted by Gasteiger charge is -2.34. The van der Waals surface area contributed by atoms with Crippen molar-refractivity contribution in [3.63, 3.8) is 0 Å². The molecule has 0 bridgehead atoms. The van der Waals surface area contributed by atoms with E-state index in [-0.39, 0.29) is 5.41 Å². The van der Waals surface area contributed by atoms with Gasteiger partial charge in [0.25, 0.3) is 0 Å².